The second-order valence-corrected chi connectivity index (χ2v) is 2.65. The van der Waals surface area contributed by atoms with E-state index in [1.165, 1.54) is 0 Å². The lowest BCUT2D eigenvalue weighted by molar-refractivity contribution is 0.0806. The van der Waals surface area contributed by atoms with Crippen molar-refractivity contribution in [1.29, 1.82) is 0 Å². The van der Waals surface area contributed by atoms with Crippen molar-refractivity contribution in [1.82, 2.24) is 10.6 Å². The monoisotopic (exact) mass is 178 g/mol. The van der Waals surface area contributed by atoms with Gasteiger partial charge >= 0.3 is 0 Å². The second kappa shape index (κ2) is 3.55. The largest absolute Gasteiger partial charge is 0.359 e. The molecule has 4 heteroatoms. The first-order valence-corrected chi connectivity index (χ1v) is 4.01. The third-order valence-electron chi connectivity index (χ3n) is 1.84. The highest BCUT2D eigenvalue weighted by molar-refractivity contribution is 5.80. The molecule has 1 heterocycles. The van der Waals surface area contributed by atoms with E-state index in [0.717, 1.165) is 16.7 Å². The number of nitrogens with one attached hydrogen (secondary N) is 1. The van der Waals surface area contributed by atoms with Crippen LogP contribution in [0.15, 0.2) is 28.8 Å². The maximum atomic E-state index is 5.12. The normalized spacial score (nSPS) is 10.8. The number of fused-ring (bicyclic) bond motifs is 1. The highest BCUT2D eigenvalue weighted by Gasteiger charge is 2.05. The number of hydrogen-bond acceptors (Lipinski definition) is 4. The van der Waals surface area contributed by atoms with E-state index in [0.29, 0.717) is 6.54 Å². The van der Waals surface area contributed by atoms with Gasteiger partial charge in [-0.1, -0.05) is 17.3 Å². The summed E-state index contributed by atoms with van der Waals surface area (Å²) in [6.07, 6.45) is 0. The molecule has 4 nitrogen and oxygen atoms in total. The van der Waals surface area contributed by atoms with Crippen LogP contribution in [0.3, 0.4) is 0 Å². The summed E-state index contributed by atoms with van der Waals surface area (Å²) in [6.45, 7) is 0.525. The SMILES string of the molecule is CONCc1onc2ccccc12. The van der Waals surface area contributed by atoms with Gasteiger partial charge in [-0.25, -0.2) is 0 Å². The van der Waals surface area contributed by atoms with E-state index in [9.17, 15) is 0 Å². The molecule has 0 fully saturated rings. The Morgan fingerprint density at radius 1 is 1.46 bits per heavy atom. The summed E-state index contributed by atoms with van der Waals surface area (Å²) in [5, 5.41) is 4.92. The molecule has 0 atom stereocenters. The van der Waals surface area contributed by atoms with Crippen molar-refractivity contribution in [2.45, 2.75) is 6.54 Å². The molecular weight excluding hydrogens is 168 g/mol. The average Bonchev–Trinajstić information content (AvgIpc) is 2.58. The van der Waals surface area contributed by atoms with E-state index < -0.39 is 0 Å². The molecule has 0 amide bonds. The van der Waals surface area contributed by atoms with Gasteiger partial charge in [0.2, 0.25) is 0 Å². The first-order valence-electron chi connectivity index (χ1n) is 4.01. The molecule has 0 spiro atoms. The van der Waals surface area contributed by atoms with Crippen LogP contribution < -0.4 is 5.48 Å². The van der Waals surface area contributed by atoms with Gasteiger partial charge in [0.25, 0.3) is 0 Å². The van der Waals surface area contributed by atoms with Crippen LogP contribution in [0.2, 0.25) is 0 Å². The summed E-state index contributed by atoms with van der Waals surface area (Å²) < 4.78 is 5.12. The Hall–Kier alpha value is -1.39. The fourth-order valence-corrected chi connectivity index (χ4v) is 1.21. The molecule has 0 radical (unpaired) electrons. The van der Waals surface area contributed by atoms with Gasteiger partial charge in [0, 0.05) is 5.39 Å². The molecule has 0 aliphatic rings. The number of nitrogens with zero attached hydrogens (tertiary/aromatic N) is 1. The summed E-state index contributed by atoms with van der Waals surface area (Å²) in [5.41, 5.74) is 3.58. The minimum Gasteiger partial charge on any atom is -0.359 e. The van der Waals surface area contributed by atoms with Gasteiger partial charge in [-0.3, -0.25) is 0 Å². The Kier molecular flexibility index (Phi) is 2.25. The van der Waals surface area contributed by atoms with Gasteiger partial charge in [-0.15, -0.1) is 0 Å². The van der Waals surface area contributed by atoms with E-state index in [2.05, 4.69) is 10.6 Å². The Morgan fingerprint density at radius 2 is 2.31 bits per heavy atom. The fourth-order valence-electron chi connectivity index (χ4n) is 1.21. The molecule has 2 rings (SSSR count). The van der Waals surface area contributed by atoms with Crippen LogP contribution in [-0.2, 0) is 11.4 Å². The summed E-state index contributed by atoms with van der Waals surface area (Å²) in [7, 11) is 1.57. The van der Waals surface area contributed by atoms with E-state index >= 15 is 0 Å². The summed E-state index contributed by atoms with van der Waals surface area (Å²) >= 11 is 0. The molecule has 0 bridgehead atoms. The predicted molar refractivity (Wildman–Crippen MR) is 47.9 cm³/mol. The molecule has 2 aromatic rings. The van der Waals surface area contributed by atoms with Gasteiger partial charge in [-0.05, 0) is 12.1 Å². The Morgan fingerprint density at radius 3 is 3.15 bits per heavy atom. The first kappa shape index (κ1) is 8.22. The standard InChI is InChI=1S/C9H10N2O2/c1-12-10-6-9-7-4-2-3-5-8(7)11-13-9/h2-5,10H,6H2,1H3. The number of hydroxylamine groups is 1. The summed E-state index contributed by atoms with van der Waals surface area (Å²) in [4.78, 5) is 4.73. The zero-order valence-corrected chi connectivity index (χ0v) is 7.28. The van der Waals surface area contributed by atoms with Crippen molar-refractivity contribution >= 4 is 10.9 Å². The lowest BCUT2D eigenvalue weighted by Gasteiger charge is -1.96. The molecule has 0 unspecified atom stereocenters. The van der Waals surface area contributed by atoms with E-state index in [1.807, 2.05) is 24.3 Å². The Labute approximate surface area is 75.4 Å². The van der Waals surface area contributed by atoms with Crippen LogP contribution in [0.25, 0.3) is 10.9 Å². The third-order valence-corrected chi connectivity index (χ3v) is 1.84. The van der Waals surface area contributed by atoms with Crippen LogP contribution >= 0.6 is 0 Å². The highest BCUT2D eigenvalue weighted by atomic mass is 16.6. The zero-order valence-electron chi connectivity index (χ0n) is 7.28. The molecule has 0 saturated carbocycles. The van der Waals surface area contributed by atoms with Gasteiger partial charge in [0.15, 0.2) is 5.76 Å². The predicted octanol–water partition coefficient (Wildman–Crippen LogP) is 1.48. The minimum absolute atomic E-state index is 0.525. The number of aromatic nitrogens is 1. The molecule has 1 aromatic heterocycles. The zero-order chi connectivity index (χ0) is 9.10. The van der Waals surface area contributed by atoms with Crippen LogP contribution in [-0.4, -0.2) is 12.3 Å². The quantitative estimate of drug-likeness (QED) is 0.723. The van der Waals surface area contributed by atoms with Gasteiger partial charge < -0.3 is 9.36 Å². The van der Waals surface area contributed by atoms with Gasteiger partial charge in [0.1, 0.15) is 5.52 Å². The molecule has 68 valence electrons. The molecule has 0 aliphatic carbocycles. The Balaban J connectivity index is 2.35. The summed E-state index contributed by atoms with van der Waals surface area (Å²) in [5.74, 6) is 0.789. The first-order chi connectivity index (χ1) is 6.42. The smallest absolute Gasteiger partial charge is 0.160 e. The fraction of sp³-hybridized carbons (Fsp3) is 0.222. The molecule has 0 aliphatic heterocycles. The highest BCUT2D eigenvalue weighted by Crippen LogP contribution is 2.16. The third kappa shape index (κ3) is 1.54. The molecular formula is C9H10N2O2. The van der Waals surface area contributed by atoms with Gasteiger partial charge in [-0.2, -0.15) is 5.48 Å². The minimum atomic E-state index is 0.525. The van der Waals surface area contributed by atoms with E-state index in [-0.39, 0.29) is 0 Å². The number of rotatable bonds is 3. The molecule has 1 aromatic carbocycles. The molecule has 0 saturated heterocycles. The van der Waals surface area contributed by atoms with Crippen LogP contribution in [0.4, 0.5) is 0 Å². The van der Waals surface area contributed by atoms with Crippen LogP contribution in [0.1, 0.15) is 5.76 Å². The summed E-state index contributed by atoms with van der Waals surface area (Å²) in [6, 6.07) is 7.77. The van der Waals surface area contributed by atoms with Crippen molar-refractivity contribution in [3.8, 4) is 0 Å². The number of hydrogen-bond donors (Lipinski definition) is 1. The van der Waals surface area contributed by atoms with Crippen molar-refractivity contribution in [2.24, 2.45) is 0 Å². The van der Waals surface area contributed by atoms with Gasteiger partial charge in [0.05, 0.1) is 13.7 Å². The number of benzene rings is 1. The maximum absolute atomic E-state index is 5.12. The topological polar surface area (TPSA) is 47.3 Å². The Bertz CT molecular complexity index is 397. The van der Waals surface area contributed by atoms with Crippen LogP contribution in [0.5, 0.6) is 0 Å². The van der Waals surface area contributed by atoms with Crippen LogP contribution in [0, 0.1) is 0 Å². The second-order valence-electron chi connectivity index (χ2n) is 2.65. The van der Waals surface area contributed by atoms with E-state index in [1.54, 1.807) is 7.11 Å². The average molecular weight is 178 g/mol. The molecule has 13 heavy (non-hydrogen) atoms. The van der Waals surface area contributed by atoms with Crippen molar-refractivity contribution in [3.05, 3.63) is 30.0 Å². The maximum Gasteiger partial charge on any atom is 0.160 e. The van der Waals surface area contributed by atoms with Crippen molar-refractivity contribution < 1.29 is 9.36 Å². The lowest BCUT2D eigenvalue weighted by Crippen LogP contribution is -2.10. The van der Waals surface area contributed by atoms with Crippen molar-refractivity contribution in [2.75, 3.05) is 7.11 Å². The van der Waals surface area contributed by atoms with E-state index in [4.69, 9.17) is 9.36 Å². The van der Waals surface area contributed by atoms with Crippen molar-refractivity contribution in [3.63, 3.8) is 0 Å². The lowest BCUT2D eigenvalue weighted by atomic mass is 10.2. The molecule has 1 N–H and O–H groups in total.